The molecule has 0 aliphatic carbocycles. The van der Waals surface area contributed by atoms with Crippen LogP contribution in [0.15, 0.2) is 32.7 Å². The third-order valence-electron chi connectivity index (χ3n) is 2.37. The fourth-order valence-electron chi connectivity index (χ4n) is 1.56. The lowest BCUT2D eigenvalue weighted by molar-refractivity contribution is -0.120. The first-order chi connectivity index (χ1) is 7.93. The lowest BCUT2D eigenvalue weighted by atomic mass is 10.2. The molecule has 1 heterocycles. The van der Waals surface area contributed by atoms with E-state index in [1.807, 2.05) is 0 Å². The number of amides is 2. The molecule has 1 aromatic carbocycles. The van der Waals surface area contributed by atoms with Crippen LogP contribution in [0.25, 0.3) is 0 Å². The Morgan fingerprint density at radius 2 is 1.65 bits per heavy atom. The average molecular weight is 335 g/mol. The van der Waals surface area contributed by atoms with Crippen molar-refractivity contribution >= 4 is 56.6 Å². The van der Waals surface area contributed by atoms with Gasteiger partial charge in [-0.05, 0) is 30.7 Å². The van der Waals surface area contributed by atoms with Gasteiger partial charge in [-0.3, -0.25) is 9.59 Å². The maximum Gasteiger partial charge on any atom is 0.278 e. The maximum atomic E-state index is 11.8. The number of imide groups is 1. The van der Waals surface area contributed by atoms with Crippen LogP contribution in [0.5, 0.6) is 0 Å². The van der Waals surface area contributed by atoms with Gasteiger partial charge in [-0.2, -0.15) is 0 Å². The Morgan fingerprint density at radius 3 is 2.12 bits per heavy atom. The standard InChI is InChI=1S/C11H6BrCl2NO2/c1-5-4-6(12)2-3-7(5)15-10(16)8(13)9(14)11(15)17/h2-4H,1H3. The quantitative estimate of drug-likeness (QED) is 0.739. The molecular formula is C11H6BrCl2NO2. The molecule has 1 aromatic rings. The lowest BCUT2D eigenvalue weighted by Gasteiger charge is -2.16. The van der Waals surface area contributed by atoms with Gasteiger partial charge < -0.3 is 0 Å². The molecule has 88 valence electrons. The number of rotatable bonds is 1. The van der Waals surface area contributed by atoms with Crippen molar-refractivity contribution in [1.29, 1.82) is 0 Å². The Kier molecular flexibility index (Phi) is 3.30. The van der Waals surface area contributed by atoms with Crippen LogP contribution in [-0.2, 0) is 9.59 Å². The molecule has 0 saturated heterocycles. The van der Waals surface area contributed by atoms with E-state index in [4.69, 9.17) is 23.2 Å². The molecule has 0 unspecified atom stereocenters. The fraction of sp³-hybridized carbons (Fsp3) is 0.0909. The second kappa shape index (κ2) is 4.44. The number of aryl methyl sites for hydroxylation is 1. The predicted octanol–water partition coefficient (Wildman–Crippen LogP) is 3.32. The van der Waals surface area contributed by atoms with E-state index in [0.717, 1.165) is 14.9 Å². The van der Waals surface area contributed by atoms with Gasteiger partial charge in [0.2, 0.25) is 0 Å². The Hall–Kier alpha value is -0.840. The van der Waals surface area contributed by atoms with E-state index < -0.39 is 11.8 Å². The van der Waals surface area contributed by atoms with Gasteiger partial charge in [0.05, 0.1) is 5.69 Å². The first kappa shape index (κ1) is 12.6. The maximum absolute atomic E-state index is 11.8. The Labute approximate surface area is 116 Å². The van der Waals surface area contributed by atoms with Crippen molar-refractivity contribution in [2.45, 2.75) is 6.92 Å². The first-order valence-electron chi connectivity index (χ1n) is 4.63. The SMILES string of the molecule is Cc1cc(Br)ccc1N1C(=O)C(Cl)=C(Cl)C1=O. The zero-order valence-electron chi connectivity index (χ0n) is 8.63. The molecule has 2 amide bonds. The molecule has 1 aliphatic rings. The zero-order valence-corrected chi connectivity index (χ0v) is 11.7. The fourth-order valence-corrected chi connectivity index (χ4v) is 2.37. The summed E-state index contributed by atoms with van der Waals surface area (Å²) >= 11 is 14.6. The summed E-state index contributed by atoms with van der Waals surface area (Å²) in [7, 11) is 0. The highest BCUT2D eigenvalue weighted by molar-refractivity contribution is 9.10. The first-order valence-corrected chi connectivity index (χ1v) is 6.18. The smallest absolute Gasteiger partial charge is 0.267 e. The number of carbonyl (C=O) groups is 2. The van der Waals surface area contributed by atoms with Gasteiger partial charge in [0.25, 0.3) is 11.8 Å². The number of nitrogens with zero attached hydrogens (tertiary/aromatic N) is 1. The van der Waals surface area contributed by atoms with E-state index in [0.29, 0.717) is 5.69 Å². The number of hydrogen-bond donors (Lipinski definition) is 0. The van der Waals surface area contributed by atoms with Crippen LogP contribution in [0.4, 0.5) is 5.69 Å². The summed E-state index contributed by atoms with van der Waals surface area (Å²) in [4.78, 5) is 24.5. The number of hydrogen-bond acceptors (Lipinski definition) is 2. The van der Waals surface area contributed by atoms with Crippen molar-refractivity contribution in [2.75, 3.05) is 4.90 Å². The summed E-state index contributed by atoms with van der Waals surface area (Å²) in [5, 5.41) is -0.474. The van der Waals surface area contributed by atoms with Crippen molar-refractivity contribution in [3.8, 4) is 0 Å². The number of carbonyl (C=O) groups excluding carboxylic acids is 2. The van der Waals surface area contributed by atoms with Crippen molar-refractivity contribution in [1.82, 2.24) is 0 Å². The summed E-state index contributed by atoms with van der Waals surface area (Å²) < 4.78 is 0.864. The van der Waals surface area contributed by atoms with E-state index in [-0.39, 0.29) is 10.1 Å². The molecule has 1 aliphatic heterocycles. The molecular weight excluding hydrogens is 329 g/mol. The lowest BCUT2D eigenvalue weighted by Crippen LogP contribution is -2.31. The molecule has 0 aromatic heterocycles. The average Bonchev–Trinajstić information content (AvgIpc) is 2.45. The predicted molar refractivity (Wildman–Crippen MR) is 70.1 cm³/mol. The van der Waals surface area contributed by atoms with Crippen LogP contribution in [0, 0.1) is 6.92 Å². The van der Waals surface area contributed by atoms with Crippen LogP contribution < -0.4 is 4.90 Å². The van der Waals surface area contributed by atoms with Crippen LogP contribution in [0.2, 0.25) is 0 Å². The van der Waals surface area contributed by atoms with E-state index in [1.165, 1.54) is 0 Å². The van der Waals surface area contributed by atoms with Gasteiger partial charge >= 0.3 is 0 Å². The number of halogens is 3. The number of anilines is 1. The van der Waals surface area contributed by atoms with Crippen LogP contribution in [-0.4, -0.2) is 11.8 Å². The molecule has 0 fully saturated rings. The van der Waals surface area contributed by atoms with Gasteiger partial charge in [-0.25, -0.2) is 4.90 Å². The minimum Gasteiger partial charge on any atom is -0.267 e. The third-order valence-corrected chi connectivity index (χ3v) is 3.67. The molecule has 3 nitrogen and oxygen atoms in total. The Balaban J connectivity index is 2.50. The van der Waals surface area contributed by atoms with Gasteiger partial charge in [-0.15, -0.1) is 0 Å². The van der Waals surface area contributed by atoms with Crippen molar-refractivity contribution in [3.63, 3.8) is 0 Å². The molecule has 0 N–H and O–H groups in total. The molecule has 0 saturated carbocycles. The highest BCUT2D eigenvalue weighted by atomic mass is 79.9. The Bertz CT molecular complexity index is 545. The Morgan fingerprint density at radius 1 is 1.12 bits per heavy atom. The van der Waals surface area contributed by atoms with E-state index in [1.54, 1.807) is 25.1 Å². The molecule has 6 heteroatoms. The van der Waals surface area contributed by atoms with E-state index in [2.05, 4.69) is 15.9 Å². The largest absolute Gasteiger partial charge is 0.278 e. The topological polar surface area (TPSA) is 37.4 Å². The third kappa shape index (κ3) is 2.01. The van der Waals surface area contributed by atoms with Gasteiger partial charge in [0, 0.05) is 4.47 Å². The zero-order chi connectivity index (χ0) is 12.7. The normalized spacial score (nSPS) is 16.1. The molecule has 2 rings (SSSR count). The minimum atomic E-state index is -0.591. The summed E-state index contributed by atoms with van der Waals surface area (Å²) in [6.45, 7) is 1.79. The number of benzene rings is 1. The van der Waals surface area contributed by atoms with Gasteiger partial charge in [0.15, 0.2) is 0 Å². The van der Waals surface area contributed by atoms with E-state index in [9.17, 15) is 9.59 Å². The summed E-state index contributed by atoms with van der Waals surface area (Å²) in [5.74, 6) is -1.18. The van der Waals surface area contributed by atoms with E-state index >= 15 is 0 Å². The summed E-state index contributed by atoms with van der Waals surface area (Å²) in [5.41, 5.74) is 1.26. The summed E-state index contributed by atoms with van der Waals surface area (Å²) in [6.07, 6.45) is 0. The second-order valence-electron chi connectivity index (χ2n) is 3.50. The van der Waals surface area contributed by atoms with Crippen molar-refractivity contribution < 1.29 is 9.59 Å². The molecule has 17 heavy (non-hydrogen) atoms. The second-order valence-corrected chi connectivity index (χ2v) is 5.18. The van der Waals surface area contributed by atoms with Crippen molar-refractivity contribution in [3.05, 3.63) is 38.3 Å². The van der Waals surface area contributed by atoms with Crippen molar-refractivity contribution in [2.24, 2.45) is 0 Å². The highest BCUT2D eigenvalue weighted by Gasteiger charge is 2.38. The van der Waals surface area contributed by atoms with Gasteiger partial charge in [0.1, 0.15) is 10.1 Å². The highest BCUT2D eigenvalue weighted by Crippen LogP contribution is 2.33. The molecule has 0 spiro atoms. The summed E-state index contributed by atoms with van der Waals surface area (Å²) in [6, 6.07) is 5.20. The van der Waals surface area contributed by atoms with Crippen LogP contribution in [0.1, 0.15) is 5.56 Å². The monoisotopic (exact) mass is 333 g/mol. The van der Waals surface area contributed by atoms with Crippen LogP contribution in [0.3, 0.4) is 0 Å². The minimum absolute atomic E-state index is 0.237. The van der Waals surface area contributed by atoms with Gasteiger partial charge in [-0.1, -0.05) is 39.1 Å². The molecule has 0 atom stereocenters. The van der Waals surface area contributed by atoms with Crippen LogP contribution >= 0.6 is 39.1 Å². The molecule has 0 bridgehead atoms. The molecule has 0 radical (unpaired) electrons.